The van der Waals surface area contributed by atoms with E-state index in [4.69, 9.17) is 4.74 Å². The second kappa shape index (κ2) is 8.58. The smallest absolute Gasteiger partial charge is 0.261 e. The van der Waals surface area contributed by atoms with Crippen LogP contribution in [-0.2, 0) is 11.3 Å². The van der Waals surface area contributed by atoms with Crippen LogP contribution < -0.4 is 10.1 Å². The molecule has 1 amide bonds. The first-order valence-electron chi connectivity index (χ1n) is 8.35. The lowest BCUT2D eigenvalue weighted by Crippen LogP contribution is -2.37. The monoisotopic (exact) mass is 370 g/mol. The topological polar surface area (TPSA) is 51.2 Å². The van der Waals surface area contributed by atoms with Gasteiger partial charge in [0.15, 0.2) is 6.10 Å². The summed E-state index contributed by atoms with van der Waals surface area (Å²) in [6.07, 6.45) is -0.122. The number of carbonyl (C=O) groups is 1. The molecule has 0 saturated heterocycles. The Labute approximate surface area is 155 Å². The summed E-state index contributed by atoms with van der Waals surface area (Å²) in [6.45, 7) is 2.20. The van der Waals surface area contributed by atoms with E-state index in [1.165, 1.54) is 24.3 Å². The Bertz CT molecular complexity index is 850. The van der Waals surface area contributed by atoms with Gasteiger partial charge >= 0.3 is 0 Å². The first kappa shape index (κ1) is 18.1. The molecule has 6 heteroatoms. The number of hydrogen-bond acceptors (Lipinski definition) is 4. The molecule has 1 unspecified atom stereocenters. The number of rotatable bonds is 7. The largest absolute Gasteiger partial charge is 0.481 e. The van der Waals surface area contributed by atoms with Crippen molar-refractivity contribution in [3.63, 3.8) is 0 Å². The van der Waals surface area contributed by atoms with Crippen LogP contribution in [-0.4, -0.2) is 17.0 Å². The fourth-order valence-electron chi connectivity index (χ4n) is 2.39. The van der Waals surface area contributed by atoms with Gasteiger partial charge < -0.3 is 10.1 Å². The normalized spacial score (nSPS) is 11.8. The molecule has 1 aromatic heterocycles. The van der Waals surface area contributed by atoms with Crippen LogP contribution in [0.3, 0.4) is 0 Å². The third kappa shape index (κ3) is 4.67. The van der Waals surface area contributed by atoms with E-state index in [2.05, 4.69) is 10.3 Å². The van der Waals surface area contributed by atoms with E-state index in [0.717, 1.165) is 16.3 Å². The Kier molecular flexibility index (Phi) is 5.96. The Morgan fingerprint density at radius 1 is 1.19 bits per heavy atom. The molecule has 0 saturated carbocycles. The summed E-state index contributed by atoms with van der Waals surface area (Å²) in [7, 11) is 0. The second-order valence-electron chi connectivity index (χ2n) is 5.70. The summed E-state index contributed by atoms with van der Waals surface area (Å²) in [5.74, 6) is -0.0906. The van der Waals surface area contributed by atoms with Crippen LogP contribution >= 0.6 is 11.3 Å². The number of amides is 1. The van der Waals surface area contributed by atoms with E-state index in [-0.39, 0.29) is 11.7 Å². The predicted molar refractivity (Wildman–Crippen MR) is 101 cm³/mol. The van der Waals surface area contributed by atoms with Crippen LogP contribution in [0.5, 0.6) is 5.75 Å². The number of hydrogen-bond donors (Lipinski definition) is 1. The highest BCUT2D eigenvalue weighted by Crippen LogP contribution is 2.23. The summed E-state index contributed by atoms with van der Waals surface area (Å²) in [6, 6.07) is 15.5. The summed E-state index contributed by atoms with van der Waals surface area (Å²) in [5, 5.41) is 5.71. The molecule has 134 valence electrons. The molecule has 0 spiro atoms. The lowest BCUT2D eigenvalue weighted by Gasteiger charge is -2.17. The zero-order valence-electron chi connectivity index (χ0n) is 14.3. The van der Waals surface area contributed by atoms with Crippen molar-refractivity contribution in [2.75, 3.05) is 0 Å². The molecule has 26 heavy (non-hydrogen) atoms. The lowest BCUT2D eigenvalue weighted by atomic mass is 10.2. The standard InChI is InChI=1S/C20H19FN2O2S/c1-2-18(25-17-10-8-15(21)9-11-17)19(24)22-12-16-13-26-20(23-16)14-6-4-3-5-7-14/h3-11,13,18H,2,12H2,1H3,(H,22,24). The van der Waals surface area contributed by atoms with Gasteiger partial charge in [0, 0.05) is 10.9 Å². The van der Waals surface area contributed by atoms with Gasteiger partial charge in [-0.3, -0.25) is 4.79 Å². The lowest BCUT2D eigenvalue weighted by molar-refractivity contribution is -0.128. The van der Waals surface area contributed by atoms with Crippen LogP contribution in [0.25, 0.3) is 10.6 Å². The van der Waals surface area contributed by atoms with Crippen molar-refractivity contribution >= 4 is 17.2 Å². The highest BCUT2D eigenvalue weighted by molar-refractivity contribution is 7.13. The third-order valence-corrected chi connectivity index (χ3v) is 4.71. The number of benzene rings is 2. The number of nitrogens with one attached hydrogen (secondary N) is 1. The Morgan fingerprint density at radius 2 is 1.92 bits per heavy atom. The average molecular weight is 370 g/mol. The minimum absolute atomic E-state index is 0.217. The molecule has 0 fully saturated rings. The van der Waals surface area contributed by atoms with Gasteiger partial charge in [-0.15, -0.1) is 11.3 Å². The predicted octanol–water partition coefficient (Wildman–Crippen LogP) is 4.42. The van der Waals surface area contributed by atoms with Gasteiger partial charge in [-0.2, -0.15) is 0 Å². The average Bonchev–Trinajstić information content (AvgIpc) is 3.15. The van der Waals surface area contributed by atoms with Gasteiger partial charge in [-0.05, 0) is 30.7 Å². The van der Waals surface area contributed by atoms with Gasteiger partial charge in [0.25, 0.3) is 5.91 Å². The molecule has 0 radical (unpaired) electrons. The molecule has 0 bridgehead atoms. The molecule has 1 N–H and O–H groups in total. The minimum atomic E-state index is -0.632. The van der Waals surface area contributed by atoms with Crippen LogP contribution in [0.2, 0.25) is 0 Å². The van der Waals surface area contributed by atoms with Gasteiger partial charge in [0.05, 0.1) is 12.2 Å². The Morgan fingerprint density at radius 3 is 2.62 bits per heavy atom. The van der Waals surface area contributed by atoms with Crippen LogP contribution in [0, 0.1) is 5.82 Å². The van der Waals surface area contributed by atoms with Crippen molar-refractivity contribution < 1.29 is 13.9 Å². The van der Waals surface area contributed by atoms with Crippen molar-refractivity contribution in [3.05, 3.63) is 71.5 Å². The van der Waals surface area contributed by atoms with Crippen LogP contribution in [0.15, 0.2) is 60.0 Å². The highest BCUT2D eigenvalue weighted by Gasteiger charge is 2.18. The first-order chi connectivity index (χ1) is 12.7. The van der Waals surface area contributed by atoms with Gasteiger partial charge in [-0.25, -0.2) is 9.37 Å². The summed E-state index contributed by atoms with van der Waals surface area (Å²) < 4.78 is 18.6. The minimum Gasteiger partial charge on any atom is -0.481 e. The number of ether oxygens (including phenoxy) is 1. The zero-order valence-corrected chi connectivity index (χ0v) is 15.1. The maximum Gasteiger partial charge on any atom is 0.261 e. The quantitative estimate of drug-likeness (QED) is 0.670. The molecule has 0 aliphatic carbocycles. The fraction of sp³-hybridized carbons (Fsp3) is 0.200. The Hall–Kier alpha value is -2.73. The first-order valence-corrected chi connectivity index (χ1v) is 9.23. The van der Waals surface area contributed by atoms with E-state index in [1.54, 1.807) is 11.3 Å². The number of aromatic nitrogens is 1. The maximum absolute atomic E-state index is 13.0. The summed E-state index contributed by atoms with van der Waals surface area (Å²) >= 11 is 1.54. The van der Waals surface area contributed by atoms with Crippen molar-refractivity contribution in [2.24, 2.45) is 0 Å². The molecule has 4 nitrogen and oxygen atoms in total. The molecule has 2 aromatic carbocycles. The molecular weight excluding hydrogens is 351 g/mol. The SMILES string of the molecule is CCC(Oc1ccc(F)cc1)C(=O)NCc1csc(-c2ccccc2)n1. The summed E-state index contributed by atoms with van der Waals surface area (Å²) in [5.41, 5.74) is 1.86. The van der Waals surface area contributed by atoms with Crippen molar-refractivity contribution in [3.8, 4) is 16.3 Å². The number of nitrogens with zero attached hydrogens (tertiary/aromatic N) is 1. The number of halogens is 1. The van der Waals surface area contributed by atoms with E-state index in [1.807, 2.05) is 42.6 Å². The van der Waals surface area contributed by atoms with Crippen molar-refractivity contribution in [1.29, 1.82) is 0 Å². The van der Waals surface area contributed by atoms with Crippen LogP contribution in [0.4, 0.5) is 4.39 Å². The molecule has 1 atom stereocenters. The van der Waals surface area contributed by atoms with E-state index in [0.29, 0.717) is 18.7 Å². The van der Waals surface area contributed by atoms with E-state index >= 15 is 0 Å². The van der Waals surface area contributed by atoms with Crippen molar-refractivity contribution in [1.82, 2.24) is 10.3 Å². The molecule has 0 aliphatic rings. The summed E-state index contributed by atoms with van der Waals surface area (Å²) in [4.78, 5) is 16.9. The zero-order chi connectivity index (χ0) is 18.4. The number of carbonyl (C=O) groups excluding carboxylic acids is 1. The van der Waals surface area contributed by atoms with E-state index < -0.39 is 6.10 Å². The Balaban J connectivity index is 1.57. The number of thiazole rings is 1. The fourth-order valence-corrected chi connectivity index (χ4v) is 3.22. The van der Waals surface area contributed by atoms with Crippen LogP contribution in [0.1, 0.15) is 19.0 Å². The molecule has 1 heterocycles. The van der Waals surface area contributed by atoms with Gasteiger partial charge in [0.2, 0.25) is 0 Å². The van der Waals surface area contributed by atoms with E-state index in [9.17, 15) is 9.18 Å². The molecular formula is C20H19FN2O2S. The highest BCUT2D eigenvalue weighted by atomic mass is 32.1. The van der Waals surface area contributed by atoms with Crippen molar-refractivity contribution in [2.45, 2.75) is 26.0 Å². The second-order valence-corrected chi connectivity index (χ2v) is 6.55. The molecule has 3 aromatic rings. The maximum atomic E-state index is 13.0. The molecule has 3 rings (SSSR count). The van der Waals surface area contributed by atoms with Gasteiger partial charge in [0.1, 0.15) is 16.6 Å². The molecule has 0 aliphatic heterocycles. The van der Waals surface area contributed by atoms with Gasteiger partial charge in [-0.1, -0.05) is 37.3 Å². The third-order valence-electron chi connectivity index (χ3n) is 3.77.